The van der Waals surface area contributed by atoms with E-state index in [4.69, 9.17) is 4.74 Å². The van der Waals surface area contributed by atoms with Crippen molar-refractivity contribution in [3.63, 3.8) is 0 Å². The van der Waals surface area contributed by atoms with Crippen molar-refractivity contribution in [2.45, 2.75) is 112 Å². The molecule has 0 fully saturated rings. The lowest BCUT2D eigenvalue weighted by atomic mass is 9.93. The fourth-order valence-electron chi connectivity index (χ4n) is 6.08. The summed E-state index contributed by atoms with van der Waals surface area (Å²) in [7, 11) is -15.9. The molecule has 0 aliphatic rings. The molecule has 48 heavy (non-hydrogen) atoms. The van der Waals surface area contributed by atoms with Gasteiger partial charge in [-0.05, 0) is 50.3 Å². The summed E-state index contributed by atoms with van der Waals surface area (Å²) >= 11 is 0. The van der Waals surface area contributed by atoms with Crippen LogP contribution in [0.1, 0.15) is 96.8 Å². The first-order chi connectivity index (χ1) is 22.6. The maximum atomic E-state index is 12.8. The normalized spacial score (nSPS) is 13.0. The van der Waals surface area contributed by atoms with E-state index in [2.05, 4.69) is 19.1 Å². The number of carbonyl (C=O) groups is 1. The van der Waals surface area contributed by atoms with Gasteiger partial charge in [0, 0.05) is 38.7 Å². The second-order valence-electron chi connectivity index (χ2n) is 12.0. The average Bonchev–Trinajstić information content (AvgIpc) is 3.00. The molecule has 0 aliphatic carbocycles. The Kier molecular flexibility index (Phi) is 12.6. The van der Waals surface area contributed by atoms with E-state index in [1.54, 1.807) is 0 Å². The predicted molar refractivity (Wildman–Crippen MR) is 179 cm³/mol. The quantitative estimate of drug-likeness (QED) is 0.0236. The molecule has 0 amide bonds. The smallest absolute Gasteiger partial charge is 0.311 e. The SMILES string of the molecule is CCCCCCCC/C=C/CCCCCCCC(=O)Oc1cc(S(=O)(=O)[O-])c2ccc3c(S(=O)(=O)[O-])cc(S(=O)(=O)[O-])c4ccc1c2c43. The van der Waals surface area contributed by atoms with E-state index in [0.29, 0.717) is 12.5 Å². The van der Waals surface area contributed by atoms with Crippen LogP contribution in [-0.2, 0) is 35.1 Å². The molecule has 0 N–H and O–H groups in total. The van der Waals surface area contributed by atoms with Gasteiger partial charge in [0.1, 0.15) is 36.1 Å². The number of benzene rings is 4. The van der Waals surface area contributed by atoms with Crippen LogP contribution in [0.4, 0.5) is 0 Å². The Balaban J connectivity index is 1.48. The van der Waals surface area contributed by atoms with Crippen LogP contribution in [0.3, 0.4) is 0 Å². The van der Waals surface area contributed by atoms with Crippen molar-refractivity contribution in [1.82, 2.24) is 0 Å². The number of ether oxygens (including phenoxy) is 1. The van der Waals surface area contributed by atoms with Gasteiger partial charge in [0.05, 0.1) is 14.7 Å². The van der Waals surface area contributed by atoms with E-state index in [-0.39, 0.29) is 44.5 Å². The molecule has 14 heteroatoms. The van der Waals surface area contributed by atoms with Gasteiger partial charge in [-0.25, -0.2) is 25.3 Å². The summed E-state index contributed by atoms with van der Waals surface area (Å²) in [6.45, 7) is 2.21. The number of unbranched alkanes of at least 4 members (excludes halogenated alkanes) is 11. The van der Waals surface area contributed by atoms with Gasteiger partial charge in [0.25, 0.3) is 0 Å². The molecule has 0 saturated carbocycles. The lowest BCUT2D eigenvalue weighted by Gasteiger charge is -2.22. The molecule has 0 heterocycles. The first-order valence-electron chi connectivity index (χ1n) is 16.2. The number of esters is 1. The second kappa shape index (κ2) is 16.0. The lowest BCUT2D eigenvalue weighted by molar-refractivity contribution is -0.134. The summed E-state index contributed by atoms with van der Waals surface area (Å²) in [5, 5.41) is -1.18. The third kappa shape index (κ3) is 9.30. The Morgan fingerprint density at radius 2 is 0.979 bits per heavy atom. The summed E-state index contributed by atoms with van der Waals surface area (Å²) in [6, 6.07) is 5.96. The zero-order valence-corrected chi connectivity index (χ0v) is 29.2. The van der Waals surface area contributed by atoms with E-state index in [1.165, 1.54) is 50.7 Å². The summed E-state index contributed by atoms with van der Waals surface area (Å²) in [4.78, 5) is 9.99. The molecule has 0 aliphatic heterocycles. The molecule has 0 aromatic heterocycles. The summed E-state index contributed by atoms with van der Waals surface area (Å²) in [5.41, 5.74) is 0. The van der Waals surface area contributed by atoms with Gasteiger partial charge < -0.3 is 18.4 Å². The summed E-state index contributed by atoms with van der Waals surface area (Å²) in [6.07, 6.45) is 18.4. The van der Waals surface area contributed by atoms with Gasteiger partial charge in [-0.1, -0.05) is 88.6 Å². The van der Waals surface area contributed by atoms with Crippen molar-refractivity contribution in [2.75, 3.05) is 0 Å². The molecule has 4 aromatic rings. The zero-order valence-electron chi connectivity index (χ0n) is 26.7. The van der Waals surface area contributed by atoms with E-state index >= 15 is 0 Å². The fraction of sp³-hybridized carbons (Fsp3) is 0.441. The third-order valence-electron chi connectivity index (χ3n) is 8.42. The maximum absolute atomic E-state index is 12.8. The number of carbonyl (C=O) groups excluding carboxylic acids is 1. The van der Waals surface area contributed by atoms with Gasteiger partial charge in [-0.15, -0.1) is 0 Å². The van der Waals surface area contributed by atoms with Gasteiger partial charge in [0.2, 0.25) is 0 Å². The van der Waals surface area contributed by atoms with Gasteiger partial charge in [0.15, 0.2) is 0 Å². The van der Waals surface area contributed by atoms with Crippen molar-refractivity contribution in [3.8, 4) is 5.75 Å². The predicted octanol–water partition coefficient (Wildman–Crippen LogP) is 7.24. The van der Waals surface area contributed by atoms with Gasteiger partial charge in [-0.3, -0.25) is 4.79 Å². The minimum absolute atomic E-state index is 0.00323. The van der Waals surface area contributed by atoms with Crippen molar-refractivity contribution in [2.24, 2.45) is 0 Å². The Bertz CT molecular complexity index is 2070. The average molecular weight is 720 g/mol. The largest absolute Gasteiger partial charge is 0.744 e. The van der Waals surface area contributed by atoms with Crippen LogP contribution in [0.25, 0.3) is 32.3 Å². The zero-order chi connectivity index (χ0) is 35.1. The third-order valence-corrected chi connectivity index (χ3v) is 11.1. The molecule has 0 bridgehead atoms. The van der Waals surface area contributed by atoms with Crippen molar-refractivity contribution in [3.05, 3.63) is 48.6 Å². The van der Waals surface area contributed by atoms with Crippen LogP contribution in [0.5, 0.6) is 5.75 Å². The Morgan fingerprint density at radius 1 is 0.583 bits per heavy atom. The number of hydrogen-bond donors (Lipinski definition) is 0. The summed E-state index contributed by atoms with van der Waals surface area (Å²) in [5.74, 6) is -1.03. The fourth-order valence-corrected chi connectivity index (χ4v) is 8.25. The van der Waals surface area contributed by atoms with Crippen molar-refractivity contribution < 1.29 is 48.4 Å². The number of hydrogen-bond acceptors (Lipinski definition) is 11. The molecular formula is C34H39O11S3-3. The van der Waals surface area contributed by atoms with Crippen LogP contribution >= 0.6 is 0 Å². The molecule has 0 spiro atoms. The molecule has 11 nitrogen and oxygen atoms in total. The molecule has 4 rings (SSSR count). The van der Waals surface area contributed by atoms with E-state index in [0.717, 1.165) is 56.7 Å². The van der Waals surface area contributed by atoms with E-state index < -0.39 is 51.0 Å². The second-order valence-corrected chi connectivity index (χ2v) is 16.0. The topological polar surface area (TPSA) is 198 Å². The molecule has 4 aromatic carbocycles. The van der Waals surface area contributed by atoms with Crippen LogP contribution < -0.4 is 4.74 Å². The first kappa shape index (κ1) is 37.7. The minimum Gasteiger partial charge on any atom is -0.744 e. The van der Waals surface area contributed by atoms with Crippen LogP contribution in [0.15, 0.2) is 63.2 Å². The van der Waals surface area contributed by atoms with Gasteiger partial charge >= 0.3 is 5.97 Å². The molecule has 0 unspecified atom stereocenters. The highest BCUT2D eigenvalue weighted by Gasteiger charge is 2.24. The highest BCUT2D eigenvalue weighted by atomic mass is 32.2. The summed E-state index contributed by atoms with van der Waals surface area (Å²) < 4.78 is 115. The molecule has 0 saturated heterocycles. The van der Waals surface area contributed by atoms with Crippen molar-refractivity contribution >= 4 is 68.6 Å². The Labute approximate surface area is 281 Å². The standard InChI is InChI=1S/C34H42O11S3/c1-2-3-4-5-6-7-8-9-10-11-12-13-14-15-16-17-32(35)45-28-22-29(46(36,37)38)25-20-21-27-31(48(42,43)44)23-30(47(39,40)41)26-19-18-24(28)33(25)34(26)27/h9-10,18-23H,2-8,11-17H2,1H3,(H,36,37,38)(H,39,40,41)(H,42,43,44)/p-3/b10-9+. The lowest BCUT2D eigenvalue weighted by Crippen LogP contribution is -2.10. The maximum Gasteiger partial charge on any atom is 0.311 e. The van der Waals surface area contributed by atoms with Crippen LogP contribution in [0, 0.1) is 0 Å². The van der Waals surface area contributed by atoms with Crippen LogP contribution in [0.2, 0.25) is 0 Å². The van der Waals surface area contributed by atoms with Gasteiger partial charge in [-0.2, -0.15) is 0 Å². The van der Waals surface area contributed by atoms with E-state index in [9.17, 15) is 43.7 Å². The Hall–Kier alpha value is -3.14. The highest BCUT2D eigenvalue weighted by Crippen LogP contribution is 2.45. The first-order valence-corrected chi connectivity index (χ1v) is 20.4. The molecule has 262 valence electrons. The molecule has 0 radical (unpaired) electrons. The number of rotatable bonds is 19. The van der Waals surface area contributed by atoms with Crippen LogP contribution in [-0.4, -0.2) is 44.9 Å². The Morgan fingerprint density at radius 3 is 1.46 bits per heavy atom. The van der Waals surface area contributed by atoms with E-state index in [1.807, 2.05) is 0 Å². The monoisotopic (exact) mass is 719 g/mol. The number of allylic oxidation sites excluding steroid dienone is 2. The molecular weight excluding hydrogens is 681 g/mol. The molecule has 0 atom stereocenters. The highest BCUT2D eigenvalue weighted by molar-refractivity contribution is 7.87. The van der Waals surface area contributed by atoms with Crippen molar-refractivity contribution in [1.29, 1.82) is 0 Å². The minimum atomic E-state index is -5.33.